The van der Waals surface area contributed by atoms with Crippen LogP contribution in [-0.4, -0.2) is 5.11 Å². The molecule has 17 heavy (non-hydrogen) atoms. The van der Waals surface area contributed by atoms with Gasteiger partial charge in [0.1, 0.15) is 6.07 Å². The maximum atomic E-state index is 9.51. The molecule has 1 aromatic carbocycles. The third-order valence-corrected chi connectivity index (χ3v) is 2.63. The summed E-state index contributed by atoms with van der Waals surface area (Å²) >= 11 is 0. The molecule has 2 N–H and O–H groups in total. The zero-order valence-electron chi connectivity index (χ0n) is 9.35. The number of nitriles is 1. The number of hydrogen-bond donors (Lipinski definition) is 1. The summed E-state index contributed by atoms with van der Waals surface area (Å²) < 4.78 is 0. The molecular weight excluding hydrogens is 212 g/mol. The molecule has 0 aliphatic carbocycles. The highest BCUT2D eigenvalue weighted by Crippen LogP contribution is 2.10. The largest absolute Gasteiger partial charge is 0.459 e. The number of aromatic nitrogens is 1. The van der Waals surface area contributed by atoms with Crippen LogP contribution in [-0.2, 0) is 12.8 Å². The van der Waals surface area contributed by atoms with E-state index in [0.717, 1.165) is 18.5 Å². The van der Waals surface area contributed by atoms with E-state index in [0.29, 0.717) is 0 Å². The highest BCUT2D eigenvalue weighted by Gasteiger charge is 2.10. The van der Waals surface area contributed by atoms with Gasteiger partial charge in [-0.3, -0.25) is 0 Å². The van der Waals surface area contributed by atoms with Crippen molar-refractivity contribution in [1.29, 1.82) is 5.26 Å². The number of hydrogen-bond acceptors (Lipinski definition) is 2. The molecule has 0 radical (unpaired) electrons. The lowest BCUT2D eigenvalue weighted by molar-refractivity contribution is -0.406. The van der Waals surface area contributed by atoms with Crippen LogP contribution in [0.15, 0.2) is 42.5 Å². The van der Waals surface area contributed by atoms with Crippen LogP contribution in [0.3, 0.4) is 0 Å². The molecular formula is C14H13N2O+. The first kappa shape index (κ1) is 11.2. The fourth-order valence-electron chi connectivity index (χ4n) is 1.68. The van der Waals surface area contributed by atoms with Crippen molar-refractivity contribution in [3.63, 3.8) is 0 Å². The summed E-state index contributed by atoms with van der Waals surface area (Å²) in [6.07, 6.45) is 1.71. The van der Waals surface area contributed by atoms with Crippen molar-refractivity contribution in [2.24, 2.45) is 0 Å². The Morgan fingerprint density at radius 1 is 1.06 bits per heavy atom. The second-order valence-corrected chi connectivity index (χ2v) is 3.84. The number of aromatic hydroxyl groups is 1. The lowest BCUT2D eigenvalue weighted by Gasteiger charge is -1.98. The molecule has 0 spiro atoms. The summed E-state index contributed by atoms with van der Waals surface area (Å²) in [7, 11) is 0. The van der Waals surface area contributed by atoms with Gasteiger partial charge in [0, 0.05) is 12.5 Å². The van der Waals surface area contributed by atoms with E-state index < -0.39 is 0 Å². The van der Waals surface area contributed by atoms with E-state index >= 15 is 0 Å². The molecule has 3 heteroatoms. The lowest BCUT2D eigenvalue weighted by atomic mass is 10.1. The van der Waals surface area contributed by atoms with Gasteiger partial charge < -0.3 is 5.11 Å². The molecule has 0 saturated carbocycles. The van der Waals surface area contributed by atoms with Crippen molar-refractivity contribution in [3.05, 3.63) is 59.3 Å². The number of H-pyrrole nitrogens is 1. The van der Waals surface area contributed by atoms with Crippen molar-refractivity contribution in [2.75, 3.05) is 0 Å². The Balaban J connectivity index is 2.06. The minimum Gasteiger partial charge on any atom is -0.459 e. The lowest BCUT2D eigenvalue weighted by Crippen LogP contribution is -2.13. The number of nitrogens with zero attached hydrogens (tertiary/aromatic N) is 1. The highest BCUT2D eigenvalue weighted by atomic mass is 16.3. The SMILES string of the molecule is N#Cc1ccc(CCc2ccccc2)[nH+]c1O. The molecule has 0 fully saturated rings. The molecule has 84 valence electrons. The van der Waals surface area contributed by atoms with Crippen molar-refractivity contribution < 1.29 is 10.1 Å². The van der Waals surface area contributed by atoms with Gasteiger partial charge >= 0.3 is 5.88 Å². The molecule has 0 saturated heterocycles. The second kappa shape index (κ2) is 5.13. The Labute approximate surface area is 100.0 Å². The fraction of sp³-hybridized carbons (Fsp3) is 0.143. The van der Waals surface area contributed by atoms with Crippen molar-refractivity contribution in [3.8, 4) is 11.9 Å². The Morgan fingerprint density at radius 3 is 2.47 bits per heavy atom. The van der Waals surface area contributed by atoms with E-state index in [4.69, 9.17) is 5.26 Å². The molecule has 0 amide bonds. The van der Waals surface area contributed by atoms with E-state index in [1.54, 1.807) is 6.07 Å². The Morgan fingerprint density at radius 2 is 1.82 bits per heavy atom. The van der Waals surface area contributed by atoms with Gasteiger partial charge in [0.25, 0.3) is 0 Å². The average molecular weight is 225 g/mol. The molecule has 2 rings (SSSR count). The predicted molar refractivity (Wildman–Crippen MR) is 63.2 cm³/mol. The fourth-order valence-corrected chi connectivity index (χ4v) is 1.68. The van der Waals surface area contributed by atoms with Gasteiger partial charge in [0.05, 0.1) is 0 Å². The third-order valence-electron chi connectivity index (χ3n) is 2.63. The monoisotopic (exact) mass is 225 g/mol. The van der Waals surface area contributed by atoms with E-state index in [2.05, 4.69) is 17.1 Å². The number of aryl methyl sites for hydroxylation is 2. The molecule has 0 unspecified atom stereocenters. The standard InChI is InChI=1S/C14H12N2O/c15-10-12-7-9-13(16-14(12)17)8-6-11-4-2-1-3-5-11/h1-5,7,9H,6,8H2,(H,16,17)/p+1. The minimum absolute atomic E-state index is 0.0574. The van der Waals surface area contributed by atoms with Gasteiger partial charge in [-0.05, 0) is 18.1 Å². The first-order chi connectivity index (χ1) is 8.29. The average Bonchev–Trinajstić information content (AvgIpc) is 2.38. The van der Waals surface area contributed by atoms with Gasteiger partial charge in [0.15, 0.2) is 11.3 Å². The first-order valence-corrected chi connectivity index (χ1v) is 5.48. The Bertz CT molecular complexity index is 544. The summed E-state index contributed by atoms with van der Waals surface area (Å²) in [5.74, 6) is -0.0574. The van der Waals surface area contributed by atoms with E-state index in [1.165, 1.54) is 5.56 Å². The molecule has 0 atom stereocenters. The van der Waals surface area contributed by atoms with Crippen LogP contribution in [0, 0.1) is 11.3 Å². The zero-order chi connectivity index (χ0) is 12.1. The van der Waals surface area contributed by atoms with E-state index in [9.17, 15) is 5.11 Å². The van der Waals surface area contributed by atoms with Crippen LogP contribution >= 0.6 is 0 Å². The summed E-state index contributed by atoms with van der Waals surface area (Å²) in [4.78, 5) is 2.83. The summed E-state index contributed by atoms with van der Waals surface area (Å²) in [6, 6.07) is 15.5. The van der Waals surface area contributed by atoms with Gasteiger partial charge in [-0.25, -0.2) is 0 Å². The summed E-state index contributed by atoms with van der Waals surface area (Å²) in [6.45, 7) is 0. The minimum atomic E-state index is -0.0574. The van der Waals surface area contributed by atoms with Crippen LogP contribution in [0.5, 0.6) is 5.88 Å². The number of rotatable bonds is 3. The maximum absolute atomic E-state index is 9.51. The second-order valence-electron chi connectivity index (χ2n) is 3.84. The highest BCUT2D eigenvalue weighted by molar-refractivity contribution is 5.33. The van der Waals surface area contributed by atoms with Gasteiger partial charge in [0.2, 0.25) is 0 Å². The Kier molecular flexibility index (Phi) is 3.37. The van der Waals surface area contributed by atoms with Crippen LogP contribution in [0.25, 0.3) is 0 Å². The molecule has 3 nitrogen and oxygen atoms in total. The summed E-state index contributed by atoms with van der Waals surface area (Å²) in [5.41, 5.74) is 2.45. The number of aromatic amines is 1. The van der Waals surface area contributed by atoms with Crippen LogP contribution in [0.4, 0.5) is 0 Å². The first-order valence-electron chi connectivity index (χ1n) is 5.48. The van der Waals surface area contributed by atoms with E-state index in [-0.39, 0.29) is 11.4 Å². The molecule has 1 aromatic heterocycles. The van der Waals surface area contributed by atoms with Gasteiger partial charge in [-0.2, -0.15) is 10.2 Å². The third kappa shape index (κ3) is 2.82. The smallest absolute Gasteiger partial charge is 0.382 e. The molecule has 0 bridgehead atoms. The molecule has 2 aromatic rings. The predicted octanol–water partition coefficient (Wildman–Crippen LogP) is 1.86. The van der Waals surface area contributed by atoms with E-state index in [1.807, 2.05) is 30.3 Å². The quantitative estimate of drug-likeness (QED) is 0.866. The molecule has 0 aliphatic rings. The van der Waals surface area contributed by atoms with Gasteiger partial charge in [-0.15, -0.1) is 0 Å². The molecule has 0 aliphatic heterocycles. The summed E-state index contributed by atoms with van der Waals surface area (Å²) in [5, 5.41) is 18.2. The maximum Gasteiger partial charge on any atom is 0.382 e. The normalized spacial score (nSPS) is 9.82. The van der Waals surface area contributed by atoms with Crippen molar-refractivity contribution >= 4 is 0 Å². The number of pyridine rings is 1. The van der Waals surface area contributed by atoms with Crippen LogP contribution < -0.4 is 4.98 Å². The van der Waals surface area contributed by atoms with Crippen LogP contribution in [0.1, 0.15) is 16.8 Å². The zero-order valence-corrected chi connectivity index (χ0v) is 9.35. The van der Waals surface area contributed by atoms with Crippen molar-refractivity contribution in [1.82, 2.24) is 0 Å². The van der Waals surface area contributed by atoms with Gasteiger partial charge in [-0.1, -0.05) is 30.3 Å². The Hall–Kier alpha value is -2.34. The molecule has 1 heterocycles. The van der Waals surface area contributed by atoms with Crippen molar-refractivity contribution in [2.45, 2.75) is 12.8 Å². The van der Waals surface area contributed by atoms with Crippen LogP contribution in [0.2, 0.25) is 0 Å². The topological polar surface area (TPSA) is 58.2 Å². The number of nitrogens with one attached hydrogen (secondary N) is 1. The number of benzene rings is 1.